The number of nitrogens with one attached hydrogen (secondary N) is 1. The third kappa shape index (κ3) is 3.10. The number of aromatic nitrogens is 4. The number of pyridine rings is 1. The fourth-order valence-electron chi connectivity index (χ4n) is 1.93. The maximum atomic E-state index is 11.8. The average molecular weight is 290 g/mol. The van der Waals surface area contributed by atoms with Crippen molar-refractivity contribution in [2.45, 2.75) is 19.9 Å². The summed E-state index contributed by atoms with van der Waals surface area (Å²) in [6.45, 7) is 3.94. The zero-order valence-corrected chi connectivity index (χ0v) is 12.2. The lowest BCUT2D eigenvalue weighted by atomic mass is 10.2. The molecule has 0 bridgehead atoms. The minimum atomic E-state index is -0.466. The van der Waals surface area contributed by atoms with Crippen LogP contribution in [0, 0.1) is 0 Å². The third-order valence-corrected chi connectivity index (χ3v) is 2.97. The van der Waals surface area contributed by atoms with Gasteiger partial charge < -0.3 is 20.4 Å². The lowest BCUT2D eigenvalue weighted by Crippen LogP contribution is -2.16. The van der Waals surface area contributed by atoms with E-state index in [1.54, 1.807) is 17.8 Å². The van der Waals surface area contributed by atoms with Gasteiger partial charge in [-0.25, -0.2) is 9.78 Å². The van der Waals surface area contributed by atoms with Crippen molar-refractivity contribution in [3.05, 3.63) is 30.0 Å². The Balaban J connectivity index is 2.23. The molecule has 3 N–H and O–H groups in total. The molecule has 0 radical (unpaired) electrons. The molecule has 2 aromatic heterocycles. The first kappa shape index (κ1) is 14.8. The molecule has 0 aliphatic heterocycles. The number of nitrogens with zero attached hydrogens (tertiary/aromatic N) is 4. The molecule has 1 unspecified atom stereocenters. The van der Waals surface area contributed by atoms with Crippen LogP contribution in [0.2, 0.25) is 0 Å². The van der Waals surface area contributed by atoms with Crippen molar-refractivity contribution in [2.24, 2.45) is 7.05 Å². The summed E-state index contributed by atoms with van der Waals surface area (Å²) in [5.41, 5.74) is 6.53. The Morgan fingerprint density at radius 3 is 2.95 bits per heavy atom. The van der Waals surface area contributed by atoms with Crippen molar-refractivity contribution in [3.8, 4) is 0 Å². The van der Waals surface area contributed by atoms with Gasteiger partial charge in [0.05, 0.1) is 23.9 Å². The molecular weight excluding hydrogens is 272 g/mol. The molecule has 112 valence electrons. The van der Waals surface area contributed by atoms with Crippen LogP contribution in [0.3, 0.4) is 0 Å². The van der Waals surface area contributed by atoms with Gasteiger partial charge in [0, 0.05) is 13.2 Å². The molecule has 2 rings (SSSR count). The number of nitrogen functional groups attached to an aromatic ring is 1. The number of aryl methyl sites for hydroxylation is 1. The van der Waals surface area contributed by atoms with E-state index in [0.717, 1.165) is 5.82 Å². The van der Waals surface area contributed by atoms with Gasteiger partial charge >= 0.3 is 5.97 Å². The molecule has 0 saturated carbocycles. The maximum Gasteiger partial charge on any atom is 0.340 e. The summed E-state index contributed by atoms with van der Waals surface area (Å²) in [6.07, 6.45) is 3.12. The van der Waals surface area contributed by atoms with Crippen molar-refractivity contribution in [1.29, 1.82) is 0 Å². The molecule has 1 atom stereocenters. The molecule has 2 heterocycles. The van der Waals surface area contributed by atoms with E-state index in [0.29, 0.717) is 18.0 Å². The summed E-state index contributed by atoms with van der Waals surface area (Å²) >= 11 is 0. The first-order valence-electron chi connectivity index (χ1n) is 6.56. The number of nitrogens with two attached hydrogens (primary N) is 1. The molecule has 0 aliphatic carbocycles. The van der Waals surface area contributed by atoms with E-state index in [9.17, 15) is 4.79 Å². The highest BCUT2D eigenvalue weighted by Gasteiger charge is 2.17. The van der Waals surface area contributed by atoms with Crippen LogP contribution in [-0.4, -0.2) is 32.3 Å². The predicted molar refractivity (Wildman–Crippen MR) is 77.6 cm³/mol. The normalized spacial score (nSPS) is 12.0. The van der Waals surface area contributed by atoms with Gasteiger partial charge in [-0.2, -0.15) is 0 Å². The van der Waals surface area contributed by atoms with Crippen LogP contribution >= 0.6 is 0 Å². The first-order chi connectivity index (χ1) is 10.0. The number of ether oxygens (including phenoxy) is 1. The standard InChI is InChI=1S/C13H18N6O2/c1-4-21-13(20)9-5-6-15-11(10(9)14)17-8(2)12-18-16-7-19(12)3/h5-8H,4,14H2,1-3H3,(H,15,17). The molecule has 2 aromatic rings. The van der Waals surface area contributed by atoms with Gasteiger partial charge in [0.25, 0.3) is 0 Å². The quantitative estimate of drug-likeness (QED) is 0.795. The second-order valence-electron chi connectivity index (χ2n) is 4.51. The van der Waals surface area contributed by atoms with E-state index in [4.69, 9.17) is 10.5 Å². The topological polar surface area (TPSA) is 108 Å². The van der Waals surface area contributed by atoms with Crippen LogP contribution in [-0.2, 0) is 11.8 Å². The van der Waals surface area contributed by atoms with E-state index in [1.165, 1.54) is 12.3 Å². The van der Waals surface area contributed by atoms with E-state index in [-0.39, 0.29) is 11.7 Å². The van der Waals surface area contributed by atoms with E-state index >= 15 is 0 Å². The van der Waals surface area contributed by atoms with Crippen LogP contribution in [0.15, 0.2) is 18.6 Å². The SMILES string of the molecule is CCOC(=O)c1ccnc(NC(C)c2nncn2C)c1N. The summed E-state index contributed by atoms with van der Waals surface area (Å²) in [6, 6.07) is 1.37. The van der Waals surface area contributed by atoms with Crippen LogP contribution in [0.4, 0.5) is 11.5 Å². The Hall–Kier alpha value is -2.64. The second-order valence-corrected chi connectivity index (χ2v) is 4.51. The Bertz CT molecular complexity index is 639. The highest BCUT2D eigenvalue weighted by molar-refractivity contribution is 5.97. The molecule has 0 aromatic carbocycles. The fraction of sp³-hybridized carbons (Fsp3) is 0.385. The predicted octanol–water partition coefficient (Wildman–Crippen LogP) is 1.14. The highest BCUT2D eigenvalue weighted by Crippen LogP contribution is 2.24. The lowest BCUT2D eigenvalue weighted by Gasteiger charge is -2.16. The lowest BCUT2D eigenvalue weighted by molar-refractivity contribution is 0.0527. The van der Waals surface area contributed by atoms with E-state index < -0.39 is 5.97 Å². The first-order valence-corrected chi connectivity index (χ1v) is 6.56. The second kappa shape index (κ2) is 6.21. The van der Waals surface area contributed by atoms with Crippen LogP contribution < -0.4 is 11.1 Å². The van der Waals surface area contributed by atoms with E-state index in [1.807, 2.05) is 14.0 Å². The fourth-order valence-corrected chi connectivity index (χ4v) is 1.93. The number of rotatable bonds is 5. The largest absolute Gasteiger partial charge is 0.462 e. The number of hydrogen-bond donors (Lipinski definition) is 2. The number of anilines is 2. The van der Waals surface area contributed by atoms with Crippen molar-refractivity contribution >= 4 is 17.5 Å². The van der Waals surface area contributed by atoms with Crippen LogP contribution in [0.25, 0.3) is 0 Å². The Morgan fingerprint density at radius 1 is 1.57 bits per heavy atom. The monoisotopic (exact) mass is 290 g/mol. The maximum absolute atomic E-state index is 11.8. The summed E-state index contributed by atoms with van der Waals surface area (Å²) in [5, 5.41) is 11.0. The number of hydrogen-bond acceptors (Lipinski definition) is 7. The molecule has 0 amide bonds. The van der Waals surface area contributed by atoms with Gasteiger partial charge in [-0.1, -0.05) is 0 Å². The zero-order valence-electron chi connectivity index (χ0n) is 12.2. The van der Waals surface area contributed by atoms with Gasteiger partial charge in [0.2, 0.25) is 0 Å². The van der Waals surface area contributed by atoms with Gasteiger partial charge in [-0.3, -0.25) is 0 Å². The molecular formula is C13H18N6O2. The zero-order chi connectivity index (χ0) is 15.4. The molecule has 0 fully saturated rings. The number of esters is 1. The molecule has 0 spiro atoms. The Kier molecular flexibility index (Phi) is 4.36. The molecule has 8 heteroatoms. The molecule has 0 aliphatic rings. The van der Waals surface area contributed by atoms with Gasteiger partial charge in [0.1, 0.15) is 6.33 Å². The number of carbonyl (C=O) groups is 1. The minimum absolute atomic E-state index is 0.162. The summed E-state index contributed by atoms with van der Waals surface area (Å²) < 4.78 is 6.75. The van der Waals surface area contributed by atoms with Crippen molar-refractivity contribution in [2.75, 3.05) is 17.7 Å². The third-order valence-electron chi connectivity index (χ3n) is 2.97. The Morgan fingerprint density at radius 2 is 2.33 bits per heavy atom. The minimum Gasteiger partial charge on any atom is -0.462 e. The summed E-state index contributed by atoms with van der Waals surface area (Å²) in [4.78, 5) is 16.0. The summed E-state index contributed by atoms with van der Waals surface area (Å²) in [5.74, 6) is 0.681. The highest BCUT2D eigenvalue weighted by atomic mass is 16.5. The Labute approximate surface area is 122 Å². The average Bonchev–Trinajstić information content (AvgIpc) is 2.87. The number of carbonyl (C=O) groups excluding carboxylic acids is 1. The molecule has 8 nitrogen and oxygen atoms in total. The van der Waals surface area contributed by atoms with Crippen molar-refractivity contribution < 1.29 is 9.53 Å². The van der Waals surface area contributed by atoms with Crippen molar-refractivity contribution in [3.63, 3.8) is 0 Å². The molecule has 21 heavy (non-hydrogen) atoms. The molecule has 0 saturated heterocycles. The van der Waals surface area contributed by atoms with Gasteiger partial charge in [-0.15, -0.1) is 10.2 Å². The van der Waals surface area contributed by atoms with Crippen LogP contribution in [0.1, 0.15) is 36.1 Å². The smallest absolute Gasteiger partial charge is 0.340 e. The van der Waals surface area contributed by atoms with E-state index in [2.05, 4.69) is 20.5 Å². The van der Waals surface area contributed by atoms with Gasteiger partial charge in [-0.05, 0) is 19.9 Å². The van der Waals surface area contributed by atoms with Crippen LogP contribution in [0.5, 0.6) is 0 Å². The summed E-state index contributed by atoms with van der Waals surface area (Å²) in [7, 11) is 1.85. The van der Waals surface area contributed by atoms with Crippen molar-refractivity contribution in [1.82, 2.24) is 19.7 Å². The van der Waals surface area contributed by atoms with Gasteiger partial charge in [0.15, 0.2) is 11.6 Å².